The summed E-state index contributed by atoms with van der Waals surface area (Å²) in [6.45, 7) is 4.68. The number of likely N-dealkylation sites (tertiary alicyclic amines) is 1. The Balaban J connectivity index is 1.44. The summed E-state index contributed by atoms with van der Waals surface area (Å²) in [6.07, 6.45) is 9.41. The molecule has 1 saturated carbocycles. The lowest BCUT2D eigenvalue weighted by Gasteiger charge is -2.15. The highest BCUT2D eigenvalue weighted by molar-refractivity contribution is 4.91. The minimum Gasteiger partial charge on any atom is -0.330 e. The molecule has 1 unspecified atom stereocenters. The summed E-state index contributed by atoms with van der Waals surface area (Å²) in [6, 6.07) is 1.73. The molecule has 1 heterocycles. The smallest absolute Gasteiger partial charge is 0.0207 e. The van der Waals surface area contributed by atoms with Crippen molar-refractivity contribution < 1.29 is 0 Å². The van der Waals surface area contributed by atoms with E-state index in [0.29, 0.717) is 0 Å². The van der Waals surface area contributed by atoms with Gasteiger partial charge in [-0.25, -0.2) is 0 Å². The molecule has 0 spiro atoms. The van der Waals surface area contributed by atoms with Gasteiger partial charge in [-0.1, -0.05) is 12.8 Å². The van der Waals surface area contributed by atoms with Gasteiger partial charge in [0.1, 0.15) is 0 Å². The molecular formula is C13H27N3. The van der Waals surface area contributed by atoms with Crippen molar-refractivity contribution in [2.75, 3.05) is 26.2 Å². The van der Waals surface area contributed by atoms with Gasteiger partial charge in [-0.05, 0) is 45.2 Å². The van der Waals surface area contributed by atoms with E-state index in [1.165, 1.54) is 64.6 Å². The fourth-order valence-corrected chi connectivity index (χ4v) is 2.65. The van der Waals surface area contributed by atoms with Gasteiger partial charge in [0.2, 0.25) is 0 Å². The summed E-state index contributed by atoms with van der Waals surface area (Å²) in [5.74, 6) is 0. The van der Waals surface area contributed by atoms with Gasteiger partial charge in [-0.3, -0.25) is 4.90 Å². The first-order valence-electron chi connectivity index (χ1n) is 7.07. The molecule has 16 heavy (non-hydrogen) atoms. The van der Waals surface area contributed by atoms with Gasteiger partial charge in [-0.2, -0.15) is 0 Å². The van der Waals surface area contributed by atoms with Crippen LogP contribution in [-0.4, -0.2) is 43.2 Å². The summed E-state index contributed by atoms with van der Waals surface area (Å²) >= 11 is 0. The lowest BCUT2D eigenvalue weighted by molar-refractivity contribution is 0.317. The maximum Gasteiger partial charge on any atom is 0.0207 e. The van der Waals surface area contributed by atoms with Gasteiger partial charge in [0.05, 0.1) is 0 Å². The maximum absolute atomic E-state index is 5.47. The standard InChI is InChI=1S/C13H27N3/c14-8-3-1-2-4-9-15-12-7-10-16(11-12)13-5-6-13/h12-13,15H,1-11,14H2. The minimum absolute atomic E-state index is 0.773. The molecule has 0 radical (unpaired) electrons. The predicted molar refractivity (Wildman–Crippen MR) is 68.5 cm³/mol. The Morgan fingerprint density at radius 1 is 1.06 bits per heavy atom. The molecular weight excluding hydrogens is 198 g/mol. The van der Waals surface area contributed by atoms with E-state index >= 15 is 0 Å². The second-order valence-electron chi connectivity index (χ2n) is 5.37. The van der Waals surface area contributed by atoms with Gasteiger partial charge in [0, 0.05) is 25.2 Å². The predicted octanol–water partition coefficient (Wildman–Crippen LogP) is 1.33. The number of nitrogens with one attached hydrogen (secondary N) is 1. The lowest BCUT2D eigenvalue weighted by atomic mass is 10.2. The fraction of sp³-hybridized carbons (Fsp3) is 1.00. The molecule has 2 aliphatic rings. The van der Waals surface area contributed by atoms with Gasteiger partial charge in [0.25, 0.3) is 0 Å². The first-order valence-corrected chi connectivity index (χ1v) is 7.07. The van der Waals surface area contributed by atoms with Crippen LogP contribution in [0.1, 0.15) is 44.9 Å². The molecule has 0 amide bonds. The number of hydrogen-bond acceptors (Lipinski definition) is 3. The van der Waals surface area contributed by atoms with E-state index in [2.05, 4.69) is 10.2 Å². The van der Waals surface area contributed by atoms with E-state index in [1.807, 2.05) is 0 Å². The van der Waals surface area contributed by atoms with Crippen LogP contribution in [0.15, 0.2) is 0 Å². The summed E-state index contributed by atoms with van der Waals surface area (Å²) in [4.78, 5) is 2.67. The van der Waals surface area contributed by atoms with Gasteiger partial charge in [0.15, 0.2) is 0 Å². The zero-order valence-corrected chi connectivity index (χ0v) is 10.5. The molecule has 1 aliphatic heterocycles. The van der Waals surface area contributed by atoms with Gasteiger partial charge in [-0.15, -0.1) is 0 Å². The molecule has 3 N–H and O–H groups in total. The zero-order chi connectivity index (χ0) is 11.2. The number of rotatable bonds is 8. The third kappa shape index (κ3) is 4.04. The zero-order valence-electron chi connectivity index (χ0n) is 10.5. The summed E-state index contributed by atoms with van der Waals surface area (Å²) < 4.78 is 0. The molecule has 0 bridgehead atoms. The van der Waals surface area contributed by atoms with Crippen molar-refractivity contribution >= 4 is 0 Å². The summed E-state index contributed by atoms with van der Waals surface area (Å²) in [7, 11) is 0. The quantitative estimate of drug-likeness (QED) is 0.612. The number of nitrogens with two attached hydrogens (primary N) is 1. The summed E-state index contributed by atoms with van der Waals surface area (Å²) in [5.41, 5.74) is 5.47. The summed E-state index contributed by atoms with van der Waals surface area (Å²) in [5, 5.41) is 3.70. The normalized spacial score (nSPS) is 26.4. The molecule has 0 aromatic carbocycles. The molecule has 1 aliphatic carbocycles. The van der Waals surface area contributed by atoms with Crippen LogP contribution in [0, 0.1) is 0 Å². The van der Waals surface area contributed by atoms with Crippen molar-refractivity contribution in [1.82, 2.24) is 10.2 Å². The van der Waals surface area contributed by atoms with Crippen LogP contribution in [0.25, 0.3) is 0 Å². The Labute approximate surface area is 99.8 Å². The van der Waals surface area contributed by atoms with Crippen molar-refractivity contribution in [2.45, 2.75) is 57.0 Å². The molecule has 3 nitrogen and oxygen atoms in total. The van der Waals surface area contributed by atoms with E-state index in [0.717, 1.165) is 18.6 Å². The van der Waals surface area contributed by atoms with Crippen LogP contribution in [-0.2, 0) is 0 Å². The molecule has 94 valence electrons. The van der Waals surface area contributed by atoms with Crippen molar-refractivity contribution in [3.8, 4) is 0 Å². The monoisotopic (exact) mass is 225 g/mol. The Morgan fingerprint density at radius 2 is 1.88 bits per heavy atom. The van der Waals surface area contributed by atoms with Crippen molar-refractivity contribution in [3.63, 3.8) is 0 Å². The third-order valence-electron chi connectivity index (χ3n) is 3.85. The average molecular weight is 225 g/mol. The number of nitrogens with zero attached hydrogens (tertiary/aromatic N) is 1. The maximum atomic E-state index is 5.47. The second kappa shape index (κ2) is 6.58. The Hall–Kier alpha value is -0.120. The largest absolute Gasteiger partial charge is 0.330 e. The van der Waals surface area contributed by atoms with E-state index in [9.17, 15) is 0 Å². The second-order valence-corrected chi connectivity index (χ2v) is 5.37. The highest BCUT2D eigenvalue weighted by Gasteiger charge is 2.33. The SMILES string of the molecule is NCCCCCCNC1CCN(C2CC2)C1. The first-order chi connectivity index (χ1) is 7.90. The fourth-order valence-electron chi connectivity index (χ4n) is 2.65. The van der Waals surface area contributed by atoms with E-state index in [4.69, 9.17) is 5.73 Å². The molecule has 1 atom stereocenters. The van der Waals surface area contributed by atoms with Crippen molar-refractivity contribution in [1.29, 1.82) is 0 Å². The van der Waals surface area contributed by atoms with Gasteiger partial charge < -0.3 is 11.1 Å². The van der Waals surface area contributed by atoms with E-state index in [-0.39, 0.29) is 0 Å². The van der Waals surface area contributed by atoms with E-state index in [1.54, 1.807) is 0 Å². The molecule has 3 heteroatoms. The van der Waals surface area contributed by atoms with E-state index < -0.39 is 0 Å². The first kappa shape index (κ1) is 12.3. The highest BCUT2D eigenvalue weighted by Crippen LogP contribution is 2.29. The number of unbranched alkanes of at least 4 members (excludes halogenated alkanes) is 3. The van der Waals surface area contributed by atoms with Crippen LogP contribution >= 0.6 is 0 Å². The molecule has 0 aromatic rings. The molecule has 0 aromatic heterocycles. The molecule has 2 fully saturated rings. The van der Waals surface area contributed by atoms with Crippen LogP contribution in [0.2, 0.25) is 0 Å². The topological polar surface area (TPSA) is 41.3 Å². The van der Waals surface area contributed by atoms with Gasteiger partial charge >= 0.3 is 0 Å². The van der Waals surface area contributed by atoms with Crippen LogP contribution in [0.5, 0.6) is 0 Å². The Morgan fingerprint density at radius 3 is 2.62 bits per heavy atom. The highest BCUT2D eigenvalue weighted by atomic mass is 15.2. The third-order valence-corrected chi connectivity index (χ3v) is 3.85. The number of hydrogen-bond donors (Lipinski definition) is 2. The van der Waals surface area contributed by atoms with Crippen LogP contribution in [0.4, 0.5) is 0 Å². The van der Waals surface area contributed by atoms with Crippen molar-refractivity contribution in [2.24, 2.45) is 5.73 Å². The Kier molecular flexibility index (Phi) is 5.07. The Bertz CT molecular complexity index is 192. The minimum atomic E-state index is 0.773. The average Bonchev–Trinajstić information content (AvgIpc) is 3.04. The van der Waals surface area contributed by atoms with Crippen LogP contribution < -0.4 is 11.1 Å². The molecule has 2 rings (SSSR count). The molecule has 1 saturated heterocycles. The van der Waals surface area contributed by atoms with Crippen molar-refractivity contribution in [3.05, 3.63) is 0 Å². The lowest BCUT2D eigenvalue weighted by Crippen LogP contribution is -2.33. The van der Waals surface area contributed by atoms with Crippen LogP contribution in [0.3, 0.4) is 0 Å².